The third-order valence-electron chi connectivity index (χ3n) is 4.89. The molecular formula is C20H20N4S. The molecule has 0 radical (unpaired) electrons. The van der Waals surface area contributed by atoms with E-state index < -0.39 is 0 Å². The molecule has 25 heavy (non-hydrogen) atoms. The van der Waals surface area contributed by atoms with Gasteiger partial charge < -0.3 is 4.90 Å². The minimum Gasteiger partial charge on any atom is -0.355 e. The van der Waals surface area contributed by atoms with Gasteiger partial charge in [-0.25, -0.2) is 9.97 Å². The van der Waals surface area contributed by atoms with Crippen LogP contribution in [0.1, 0.15) is 40.6 Å². The molecule has 0 bridgehead atoms. The summed E-state index contributed by atoms with van der Waals surface area (Å²) in [4.78, 5) is 11.7. The lowest BCUT2D eigenvalue weighted by Gasteiger charge is -2.32. The Balaban J connectivity index is 1.55. The summed E-state index contributed by atoms with van der Waals surface area (Å²) >= 11 is 1.82. The summed E-state index contributed by atoms with van der Waals surface area (Å²) in [5.74, 6) is 1.35. The van der Waals surface area contributed by atoms with Crippen LogP contribution in [0.25, 0.3) is 10.2 Å². The van der Waals surface area contributed by atoms with Crippen molar-refractivity contribution in [1.29, 1.82) is 5.26 Å². The highest BCUT2D eigenvalue weighted by atomic mass is 32.1. The molecule has 5 heteroatoms. The first-order valence-electron chi connectivity index (χ1n) is 8.64. The quantitative estimate of drug-likeness (QED) is 0.681. The van der Waals surface area contributed by atoms with Crippen LogP contribution >= 0.6 is 11.3 Å². The summed E-state index contributed by atoms with van der Waals surface area (Å²) in [6, 6.07) is 12.7. The molecule has 1 aliphatic heterocycles. The van der Waals surface area contributed by atoms with E-state index in [0.717, 1.165) is 48.5 Å². The van der Waals surface area contributed by atoms with Gasteiger partial charge in [0.05, 0.1) is 20.8 Å². The zero-order valence-electron chi connectivity index (χ0n) is 14.5. The maximum absolute atomic E-state index is 9.51. The average molecular weight is 348 g/mol. The number of pyridine rings is 1. The highest BCUT2D eigenvalue weighted by Crippen LogP contribution is 2.35. The predicted molar refractivity (Wildman–Crippen MR) is 102 cm³/mol. The van der Waals surface area contributed by atoms with Crippen molar-refractivity contribution in [3.63, 3.8) is 0 Å². The van der Waals surface area contributed by atoms with Crippen LogP contribution in [-0.4, -0.2) is 23.1 Å². The largest absolute Gasteiger partial charge is 0.355 e. The molecule has 3 aromatic rings. The zero-order valence-corrected chi connectivity index (χ0v) is 15.3. The normalized spacial score (nSPS) is 15.5. The van der Waals surface area contributed by atoms with Crippen molar-refractivity contribution in [2.24, 2.45) is 0 Å². The van der Waals surface area contributed by atoms with E-state index in [-0.39, 0.29) is 0 Å². The molecule has 2 aromatic heterocycles. The lowest BCUT2D eigenvalue weighted by molar-refractivity contribution is 0.501. The number of rotatable bonds is 2. The molecule has 4 nitrogen and oxygen atoms in total. The average Bonchev–Trinajstić information content (AvgIpc) is 3.05. The minimum atomic E-state index is 0.505. The summed E-state index contributed by atoms with van der Waals surface area (Å²) < 4.78 is 1.27. The second-order valence-corrected chi connectivity index (χ2v) is 7.73. The molecule has 0 amide bonds. The van der Waals surface area contributed by atoms with E-state index in [9.17, 15) is 5.26 Å². The molecule has 1 aliphatic rings. The number of nitriles is 1. The van der Waals surface area contributed by atoms with Crippen LogP contribution < -0.4 is 4.90 Å². The Bertz CT molecular complexity index is 928. The lowest BCUT2D eigenvalue weighted by Crippen LogP contribution is -2.34. The topological polar surface area (TPSA) is 52.8 Å². The van der Waals surface area contributed by atoms with E-state index in [0.29, 0.717) is 11.5 Å². The van der Waals surface area contributed by atoms with E-state index in [4.69, 9.17) is 4.98 Å². The van der Waals surface area contributed by atoms with Crippen molar-refractivity contribution >= 4 is 27.4 Å². The molecule has 0 saturated carbocycles. The maximum Gasteiger partial charge on any atom is 0.147 e. The van der Waals surface area contributed by atoms with Crippen LogP contribution in [0.4, 0.5) is 5.82 Å². The number of benzene rings is 1. The van der Waals surface area contributed by atoms with Gasteiger partial charge in [0.1, 0.15) is 11.9 Å². The predicted octanol–water partition coefficient (Wildman–Crippen LogP) is 4.56. The molecule has 0 N–H and O–H groups in total. The Morgan fingerprint density at radius 2 is 1.92 bits per heavy atom. The Hall–Kier alpha value is -2.45. The van der Waals surface area contributed by atoms with E-state index in [2.05, 4.69) is 34.2 Å². The number of para-hydroxylation sites is 1. The summed E-state index contributed by atoms with van der Waals surface area (Å²) in [6.45, 7) is 5.83. The van der Waals surface area contributed by atoms with Gasteiger partial charge in [-0.15, -0.1) is 11.3 Å². The number of nitrogens with zero attached hydrogens (tertiary/aromatic N) is 4. The van der Waals surface area contributed by atoms with Gasteiger partial charge in [0.25, 0.3) is 0 Å². The number of hydrogen-bond donors (Lipinski definition) is 0. The maximum atomic E-state index is 9.51. The molecule has 0 aliphatic carbocycles. The van der Waals surface area contributed by atoms with Gasteiger partial charge in [-0.2, -0.15) is 5.26 Å². The smallest absolute Gasteiger partial charge is 0.147 e. The number of aryl methyl sites for hydroxylation is 2. The lowest BCUT2D eigenvalue weighted by atomic mass is 9.97. The fourth-order valence-corrected chi connectivity index (χ4v) is 4.72. The Labute approximate surface area is 151 Å². The summed E-state index contributed by atoms with van der Waals surface area (Å²) in [5, 5.41) is 10.8. The van der Waals surface area contributed by atoms with Gasteiger partial charge >= 0.3 is 0 Å². The molecule has 0 unspecified atom stereocenters. The van der Waals surface area contributed by atoms with E-state index in [1.165, 1.54) is 9.71 Å². The second kappa shape index (κ2) is 6.45. The molecule has 1 fully saturated rings. The van der Waals surface area contributed by atoms with Gasteiger partial charge in [0.2, 0.25) is 0 Å². The minimum absolute atomic E-state index is 0.505. The first kappa shape index (κ1) is 16.0. The van der Waals surface area contributed by atoms with Crippen molar-refractivity contribution in [3.05, 3.63) is 52.2 Å². The Kier molecular flexibility index (Phi) is 4.14. The summed E-state index contributed by atoms with van der Waals surface area (Å²) in [6.07, 6.45) is 2.11. The van der Waals surface area contributed by atoms with Crippen molar-refractivity contribution in [3.8, 4) is 6.07 Å². The highest BCUT2D eigenvalue weighted by Gasteiger charge is 2.26. The van der Waals surface area contributed by atoms with Crippen LogP contribution in [0.15, 0.2) is 30.3 Å². The highest BCUT2D eigenvalue weighted by molar-refractivity contribution is 7.18. The Morgan fingerprint density at radius 1 is 1.16 bits per heavy atom. The molecule has 3 heterocycles. The molecule has 1 saturated heterocycles. The van der Waals surface area contributed by atoms with Gasteiger partial charge in [0, 0.05) is 24.7 Å². The first-order chi connectivity index (χ1) is 12.2. The van der Waals surface area contributed by atoms with E-state index in [1.807, 2.05) is 37.3 Å². The standard InChI is InChI=1S/C20H20N4S/c1-13-11-14(2)22-19(16(13)12-21)24-9-7-15(8-10-24)20-23-17-5-3-4-6-18(17)25-20/h3-6,11,15H,7-10H2,1-2H3. The van der Waals surface area contributed by atoms with Crippen LogP contribution in [0.2, 0.25) is 0 Å². The third-order valence-corrected chi connectivity index (χ3v) is 6.09. The number of piperidine rings is 1. The van der Waals surface area contributed by atoms with E-state index >= 15 is 0 Å². The van der Waals surface area contributed by atoms with Crippen molar-refractivity contribution in [2.45, 2.75) is 32.6 Å². The zero-order chi connectivity index (χ0) is 17.4. The SMILES string of the molecule is Cc1cc(C)c(C#N)c(N2CCC(c3nc4ccccc4s3)CC2)n1. The third kappa shape index (κ3) is 2.98. The number of aromatic nitrogens is 2. The number of thiazole rings is 1. The van der Waals surface area contributed by atoms with Crippen LogP contribution in [0.3, 0.4) is 0 Å². The van der Waals surface area contributed by atoms with Gasteiger partial charge in [-0.1, -0.05) is 12.1 Å². The summed E-state index contributed by atoms with van der Waals surface area (Å²) in [5.41, 5.74) is 3.80. The fraction of sp³-hybridized carbons (Fsp3) is 0.350. The molecule has 0 atom stereocenters. The van der Waals surface area contributed by atoms with Gasteiger partial charge in [0.15, 0.2) is 0 Å². The molecule has 126 valence electrons. The number of hydrogen-bond acceptors (Lipinski definition) is 5. The van der Waals surface area contributed by atoms with Crippen molar-refractivity contribution in [2.75, 3.05) is 18.0 Å². The first-order valence-corrected chi connectivity index (χ1v) is 9.46. The molecular weight excluding hydrogens is 328 g/mol. The van der Waals surface area contributed by atoms with Crippen molar-refractivity contribution < 1.29 is 0 Å². The van der Waals surface area contributed by atoms with Gasteiger partial charge in [-0.05, 0) is 50.5 Å². The Morgan fingerprint density at radius 3 is 2.64 bits per heavy atom. The second-order valence-electron chi connectivity index (χ2n) is 6.67. The molecule has 4 rings (SSSR count). The van der Waals surface area contributed by atoms with Crippen molar-refractivity contribution in [1.82, 2.24) is 9.97 Å². The van der Waals surface area contributed by atoms with Crippen LogP contribution in [-0.2, 0) is 0 Å². The van der Waals surface area contributed by atoms with E-state index in [1.54, 1.807) is 0 Å². The van der Waals surface area contributed by atoms with Crippen LogP contribution in [0.5, 0.6) is 0 Å². The van der Waals surface area contributed by atoms with Gasteiger partial charge in [-0.3, -0.25) is 0 Å². The molecule has 1 aromatic carbocycles. The monoisotopic (exact) mass is 348 g/mol. The summed E-state index contributed by atoms with van der Waals surface area (Å²) in [7, 11) is 0. The van der Waals surface area contributed by atoms with Crippen LogP contribution in [0, 0.1) is 25.2 Å². The number of fused-ring (bicyclic) bond motifs is 1. The number of anilines is 1. The molecule has 0 spiro atoms. The fourth-order valence-electron chi connectivity index (χ4n) is 3.59.